The van der Waals surface area contributed by atoms with Gasteiger partial charge < -0.3 is 38.5 Å². The van der Waals surface area contributed by atoms with E-state index < -0.39 is 33.7 Å². The van der Waals surface area contributed by atoms with E-state index in [1.54, 1.807) is 42.6 Å². The van der Waals surface area contributed by atoms with E-state index in [-0.39, 0.29) is 111 Å². The predicted octanol–water partition coefficient (Wildman–Crippen LogP) is 23.1. The second-order valence-corrected chi connectivity index (χ2v) is 41.8. The number of rotatable bonds is 11. The number of carbonyl (C=O) groups excluding carboxylic acids is 4. The Morgan fingerprint density at radius 3 is 1.29 bits per heavy atom. The summed E-state index contributed by atoms with van der Waals surface area (Å²) in [4.78, 5) is 125. The third-order valence-corrected chi connectivity index (χ3v) is 32.9. The van der Waals surface area contributed by atoms with Crippen LogP contribution in [0.5, 0.6) is 11.8 Å². The number of carbonyl (C=O) groups is 4. The number of ketones is 4. The van der Waals surface area contributed by atoms with Gasteiger partial charge in [-0.1, -0.05) is 165 Å². The van der Waals surface area contributed by atoms with Crippen molar-refractivity contribution in [2.24, 2.45) is 46.8 Å². The highest BCUT2D eigenvalue weighted by Gasteiger charge is 2.57. The van der Waals surface area contributed by atoms with Crippen LogP contribution < -0.4 is 14.4 Å². The first-order chi connectivity index (χ1) is 68.9. The number of allylic oxidation sites excluding steroid dienone is 8. The number of nitrogens with zero attached hydrogens (tertiary/aromatic N) is 17. The van der Waals surface area contributed by atoms with Crippen LogP contribution >= 0.6 is 0 Å². The molecule has 1 aliphatic heterocycles. The van der Waals surface area contributed by atoms with E-state index in [0.29, 0.717) is 100 Å². The maximum atomic E-state index is 15.2. The van der Waals surface area contributed by atoms with Gasteiger partial charge >= 0.3 is 0 Å². The van der Waals surface area contributed by atoms with Crippen LogP contribution in [0.25, 0.3) is 109 Å². The Labute approximate surface area is 830 Å². The molecular weight excluding hydrogens is 1800 g/mol. The summed E-state index contributed by atoms with van der Waals surface area (Å²) >= 11 is 0. The number of aryl methyl sites for hydroxylation is 1. The minimum absolute atomic E-state index is 0.0238. The molecule has 0 N–H and O–H groups in total. The van der Waals surface area contributed by atoms with Gasteiger partial charge in [0.25, 0.3) is 0 Å². The van der Waals surface area contributed by atoms with Gasteiger partial charge in [0.1, 0.15) is 30.5 Å². The molecule has 23 rings (SSSR count). The maximum Gasteiger partial charge on any atom is 0.226 e. The number of hydrogen-bond donors (Lipinski definition) is 0. The molecule has 7 aromatic heterocycles. The van der Waals surface area contributed by atoms with E-state index in [2.05, 4.69) is 78.9 Å². The van der Waals surface area contributed by atoms with Gasteiger partial charge in [-0.05, 0) is 201 Å². The molecule has 11 aliphatic rings. The average molecular weight is 1910 g/mol. The Hall–Kier alpha value is -14.6. The molecule has 722 valence electrons. The van der Waals surface area contributed by atoms with Gasteiger partial charge in [-0.3, -0.25) is 9.97 Å². The van der Waals surface area contributed by atoms with Crippen molar-refractivity contribution in [3.63, 3.8) is 0 Å². The number of benzene rings is 5. The molecule has 8 heterocycles. The minimum Gasteiger partial charge on any atom is -0.474 e. The zero-order valence-electron chi connectivity index (χ0n) is 82.4. The number of ether oxygens (including phenoxy) is 2. The first-order valence-corrected chi connectivity index (χ1v) is 50.1. The monoisotopic (exact) mass is 1910 g/mol. The third kappa shape index (κ3) is 16.9. The van der Waals surface area contributed by atoms with Crippen LogP contribution in [0.15, 0.2) is 193 Å². The smallest absolute Gasteiger partial charge is 0.226 e. The largest absolute Gasteiger partial charge is 0.474 e. The van der Waals surface area contributed by atoms with E-state index in [0.717, 1.165) is 179 Å². The van der Waals surface area contributed by atoms with Crippen LogP contribution in [0.1, 0.15) is 196 Å². The van der Waals surface area contributed by atoms with E-state index in [1.807, 2.05) is 157 Å². The molecule has 11 atom stereocenters. The molecule has 0 amide bonds. The quantitative estimate of drug-likeness (QED) is 0.109. The van der Waals surface area contributed by atoms with Crippen molar-refractivity contribution in [3.8, 4) is 68.4 Å². The number of pyridine rings is 3. The van der Waals surface area contributed by atoms with Gasteiger partial charge in [0.15, 0.2) is 40.6 Å². The number of alkyl halides is 1. The van der Waals surface area contributed by atoms with Crippen LogP contribution in [-0.2, 0) is 73.2 Å². The number of piperazine rings is 1. The highest BCUT2D eigenvalue weighted by molar-refractivity contribution is 6.04. The lowest BCUT2D eigenvalue weighted by Crippen LogP contribution is -2.51. The minimum atomic E-state index is -0.732. The molecule has 2 saturated carbocycles. The number of fused-ring (bicyclic) bond motifs is 15. The Kier molecular flexibility index (Phi) is 25.5. The Morgan fingerprint density at radius 2 is 0.811 bits per heavy atom. The van der Waals surface area contributed by atoms with Crippen molar-refractivity contribution >= 4 is 61.8 Å². The molecule has 0 bridgehead atoms. The standard InChI is InChI=1S/C32H27FN4O.C30H29FN4O2.C29H28N4O2.C26H28FN5O/c1-18-16-22(19-10-7-9-13-24(19)35-18)30-36-27(20-11-6-8-12-23(20)33)21-14-15-26-31(2,3)29(38)25(34-5)17-32(26,4)28(21)37-30;1-17-23-13-12-21-27(30(23,2)15-25(32-3)26(17)36)34-28(35-29(21)37-19-8-4-5-9-19)22-14-18(16-31)33-24-11-7-6-10-20(22)24;1-17-22-13-12-21-26(29(22,2)16-24(30-3)25(17)34)32-27(33-28(21)35-18-8-4-5-9-18)20-14-15-31-23-11-7-6-10-19(20)23;1-16-19-10-9-18-22(17-7-5-6-8-20(17)27)29-25(32-13-11-31(4)12-14-32)30-24(18)26(19,2)15-21(28-3)23(16)33/h6-13,16-17,26H,14-15H2,1-4H3;6-7,10-11,14-15,17,19,23H,4-5,8-9,12-13,16H2,1-2H3;6-7,10-11,14-18,22H,4-5,8-9,12-13H2,1-2H3;5-8,15-16,19H,9-14H2,1-2,4H3/t26-,32-;17-,23-,30-;17-,22-,29-;16-,19-,26-/m1111/s1. The summed E-state index contributed by atoms with van der Waals surface area (Å²) in [5.41, 5.74) is 12.7. The first-order valence-electron chi connectivity index (χ1n) is 50.1. The summed E-state index contributed by atoms with van der Waals surface area (Å²) in [6.07, 6.45) is 24.0. The van der Waals surface area contributed by atoms with Crippen molar-refractivity contribution in [1.29, 1.82) is 0 Å². The molecule has 0 spiro atoms. The van der Waals surface area contributed by atoms with Gasteiger partial charge in [-0.2, -0.15) is 9.97 Å². The number of anilines is 1. The van der Waals surface area contributed by atoms with Gasteiger partial charge in [0.05, 0.1) is 82.7 Å². The van der Waals surface area contributed by atoms with Gasteiger partial charge in [0, 0.05) is 149 Å². The van der Waals surface area contributed by atoms with Gasteiger partial charge in [-0.25, -0.2) is 67.4 Å². The van der Waals surface area contributed by atoms with Gasteiger partial charge in [0.2, 0.25) is 40.5 Å². The number of Topliss-reactive ketones (excluding diaryl/α,β-unsaturated/α-hetero) is 4. The summed E-state index contributed by atoms with van der Waals surface area (Å²) in [6.45, 7) is 53.2. The highest BCUT2D eigenvalue weighted by atomic mass is 19.1. The SMILES string of the molecule is [C-]#[N+]C1=C[C@@]2(C)c3nc(-c4cc(C)nc5ccccc45)nc(-c4ccccc4F)c3CC[C@@H]2C(C)(C)C1=O.[C-]#[N+]C1=C[C@@]2(C)c3nc(-c4cc(CF)nc5ccccc45)nc(OC4CCCC4)c3CC[C@@H]2[C@@H](C)C1=O.[C-]#[N+]C1=C[C@@]2(C)c3nc(-c4ccnc5ccccc45)nc(OC4CCCC4)c3CC[C@@H]2[C@@H](C)C1=O.[C-]#[N+]C1=C[C@@]2(C)c3nc(N4CCN(C)CC4)nc(-c4ccccc4F)c3CC[C@@H]2[C@@H](C)C1=O. The normalized spacial score (nSPS) is 25.1. The Morgan fingerprint density at radius 1 is 0.413 bits per heavy atom. The zero-order chi connectivity index (χ0) is 100. The number of para-hydroxylation sites is 3. The molecule has 23 nitrogen and oxygen atoms in total. The van der Waals surface area contributed by atoms with Crippen molar-refractivity contribution < 1.29 is 41.8 Å². The molecule has 3 fully saturated rings. The molecule has 5 aromatic carbocycles. The van der Waals surface area contributed by atoms with E-state index in [1.165, 1.54) is 25.0 Å². The first kappa shape index (κ1) is 95.9. The topological polar surface area (TPSA) is 252 Å². The lowest BCUT2D eigenvalue weighted by atomic mass is 9.53. The van der Waals surface area contributed by atoms with Crippen molar-refractivity contribution in [2.45, 2.75) is 213 Å². The molecule has 0 radical (unpaired) electrons. The van der Waals surface area contributed by atoms with Crippen LogP contribution in [0.2, 0.25) is 0 Å². The lowest BCUT2D eigenvalue weighted by molar-refractivity contribution is -0.128. The van der Waals surface area contributed by atoms with Crippen molar-refractivity contribution in [1.82, 2.24) is 59.7 Å². The van der Waals surface area contributed by atoms with Crippen molar-refractivity contribution in [3.05, 3.63) is 307 Å². The molecule has 1 saturated heterocycles. The molecule has 12 aromatic rings. The number of halogens is 3. The van der Waals surface area contributed by atoms with E-state index in [4.69, 9.17) is 75.6 Å². The predicted molar refractivity (Wildman–Crippen MR) is 543 cm³/mol. The molecule has 0 unspecified atom stereocenters. The Bertz CT molecular complexity index is 7590. The van der Waals surface area contributed by atoms with E-state index >= 15 is 4.39 Å². The lowest BCUT2D eigenvalue weighted by Gasteiger charge is -2.50. The molecular formula is C117H112F3N17O6. The summed E-state index contributed by atoms with van der Waals surface area (Å²) < 4.78 is 57.1. The molecule has 143 heavy (non-hydrogen) atoms. The number of hydrogen-bond acceptors (Lipinski definition) is 19. The fourth-order valence-corrected chi connectivity index (χ4v) is 25.3. The van der Waals surface area contributed by atoms with Crippen LogP contribution in [0.4, 0.5) is 19.1 Å². The number of aromatic nitrogens is 11. The maximum absolute atomic E-state index is 15.2. The third-order valence-electron chi connectivity index (χ3n) is 32.9. The summed E-state index contributed by atoms with van der Waals surface area (Å²) in [5, 5.41) is 2.74. The van der Waals surface area contributed by atoms with Crippen molar-refractivity contribution in [2.75, 3.05) is 38.1 Å². The van der Waals surface area contributed by atoms with Crippen LogP contribution in [0.3, 0.4) is 0 Å². The number of likely N-dealkylation sites (N-methyl/N-ethyl adjacent to an activating group) is 1. The highest BCUT2D eigenvalue weighted by Crippen LogP contribution is 2.59. The fraction of sp³-hybridized carbons (Fsp3) is 0.393. The summed E-state index contributed by atoms with van der Waals surface area (Å²) in [7, 11) is 2.10. The zero-order valence-corrected chi connectivity index (χ0v) is 82.4. The Balaban J connectivity index is 0.000000117. The van der Waals surface area contributed by atoms with Gasteiger partial charge in [-0.15, -0.1) is 0 Å². The van der Waals surface area contributed by atoms with Crippen LogP contribution in [0, 0.1) is 91.7 Å². The summed E-state index contributed by atoms with van der Waals surface area (Å²) in [5.74, 6) is 1.74. The van der Waals surface area contributed by atoms with Crippen LogP contribution in [-0.4, -0.2) is 128 Å². The second-order valence-electron chi connectivity index (χ2n) is 41.8. The average Bonchev–Trinajstić information content (AvgIpc) is 1.31. The van der Waals surface area contributed by atoms with E-state index in [9.17, 15) is 28.0 Å². The fourth-order valence-electron chi connectivity index (χ4n) is 25.3. The second kappa shape index (κ2) is 38.0. The summed E-state index contributed by atoms with van der Waals surface area (Å²) in [6, 6.07) is 42.5. The molecule has 26 heteroatoms. The molecule has 10 aliphatic carbocycles.